The van der Waals surface area contributed by atoms with Crippen molar-refractivity contribution in [2.45, 2.75) is 109 Å². The molecule has 7 heteroatoms. The molecule has 40 heavy (non-hydrogen) atoms. The second kappa shape index (κ2) is 12.5. The van der Waals surface area contributed by atoms with Crippen molar-refractivity contribution in [2.24, 2.45) is 11.8 Å². The minimum Gasteiger partial charge on any atom is -0.393 e. The van der Waals surface area contributed by atoms with Gasteiger partial charge in [0, 0.05) is 42.9 Å². The van der Waals surface area contributed by atoms with Crippen molar-refractivity contribution in [3.05, 3.63) is 34.7 Å². The number of anilines is 2. The fraction of sp³-hybridized carbons (Fsp3) is 0.667. The van der Waals surface area contributed by atoms with E-state index in [1.165, 1.54) is 64.2 Å². The van der Waals surface area contributed by atoms with E-state index in [0.29, 0.717) is 11.9 Å². The van der Waals surface area contributed by atoms with E-state index in [0.717, 1.165) is 78.7 Å². The minimum absolute atomic E-state index is 0.0412. The zero-order valence-electron chi connectivity index (χ0n) is 24.3. The summed E-state index contributed by atoms with van der Waals surface area (Å²) < 4.78 is 1.93. The molecule has 3 fully saturated rings. The molecule has 2 aromatic heterocycles. The molecule has 3 aliphatic rings. The predicted octanol–water partition coefficient (Wildman–Crippen LogP) is 6.82. The highest BCUT2D eigenvalue weighted by Gasteiger charge is 2.27. The fourth-order valence-electron chi connectivity index (χ4n) is 6.93. The summed E-state index contributed by atoms with van der Waals surface area (Å²) in [7, 11) is 0. The molecule has 3 heterocycles. The molecule has 1 saturated heterocycles. The smallest absolute Gasteiger partial charge is 0.260 e. The number of benzene rings is 1. The molecule has 0 atom stereocenters. The molecule has 0 spiro atoms. The third kappa shape index (κ3) is 6.14. The Hall–Kier alpha value is -2.67. The maximum absolute atomic E-state index is 14.2. The summed E-state index contributed by atoms with van der Waals surface area (Å²) in [5.74, 6) is 2.15. The van der Waals surface area contributed by atoms with Gasteiger partial charge in [-0.05, 0) is 80.7 Å². The zero-order chi connectivity index (χ0) is 27.5. The lowest BCUT2D eigenvalue weighted by atomic mass is 9.90. The molecule has 2 aliphatic carbocycles. The molecule has 0 unspecified atom stereocenters. The van der Waals surface area contributed by atoms with Gasteiger partial charge in [0.1, 0.15) is 5.65 Å². The zero-order valence-corrected chi connectivity index (χ0v) is 24.3. The second-order valence-corrected chi connectivity index (χ2v) is 12.8. The standard InChI is InChI=1S/C33H47N5O2/c1-2-3-4-5-6-7-23-16-18-37(19-17-23)26-12-15-28-29(20-26)32(40)38(25-10-13-27(39)14-11-25)31-30(28)22-35-33(36-31)34-21-24-8-9-24/h12,15,20,22-25,27,39H,2-11,13-14,16-19,21H2,1H3,(H,34,35,36). The van der Waals surface area contributed by atoms with Crippen LogP contribution in [-0.4, -0.2) is 45.4 Å². The van der Waals surface area contributed by atoms with Gasteiger partial charge in [-0.1, -0.05) is 51.5 Å². The largest absolute Gasteiger partial charge is 0.393 e. The first-order chi connectivity index (χ1) is 19.6. The van der Waals surface area contributed by atoms with Gasteiger partial charge < -0.3 is 15.3 Å². The van der Waals surface area contributed by atoms with E-state index in [1.807, 2.05) is 10.8 Å². The third-order valence-electron chi connectivity index (χ3n) is 9.71. The van der Waals surface area contributed by atoms with Gasteiger partial charge >= 0.3 is 0 Å². The quantitative estimate of drug-likeness (QED) is 0.203. The summed E-state index contributed by atoms with van der Waals surface area (Å²) >= 11 is 0. The van der Waals surface area contributed by atoms with E-state index < -0.39 is 0 Å². The Morgan fingerprint density at radius 1 is 0.900 bits per heavy atom. The van der Waals surface area contributed by atoms with Gasteiger partial charge in [-0.15, -0.1) is 0 Å². The molecule has 2 saturated carbocycles. The fourth-order valence-corrected chi connectivity index (χ4v) is 6.93. The molecular formula is C33H47N5O2. The van der Waals surface area contributed by atoms with Crippen molar-refractivity contribution in [2.75, 3.05) is 29.9 Å². The molecule has 0 amide bonds. The van der Waals surface area contributed by atoms with Crippen LogP contribution < -0.4 is 15.8 Å². The average molecular weight is 546 g/mol. The first kappa shape index (κ1) is 27.5. The number of hydrogen-bond donors (Lipinski definition) is 2. The number of piperidine rings is 1. The van der Waals surface area contributed by atoms with Crippen LogP contribution in [0.15, 0.2) is 29.2 Å². The van der Waals surface area contributed by atoms with Crippen LogP contribution in [0.4, 0.5) is 11.6 Å². The molecule has 3 aromatic rings. The second-order valence-electron chi connectivity index (χ2n) is 12.8. The first-order valence-corrected chi connectivity index (χ1v) is 16.1. The van der Waals surface area contributed by atoms with E-state index in [9.17, 15) is 9.90 Å². The van der Waals surface area contributed by atoms with Crippen molar-refractivity contribution in [1.29, 1.82) is 0 Å². The summed E-state index contributed by atoms with van der Waals surface area (Å²) in [6, 6.07) is 6.47. The predicted molar refractivity (Wildman–Crippen MR) is 164 cm³/mol. The Kier molecular flexibility index (Phi) is 8.56. The van der Waals surface area contributed by atoms with E-state index in [4.69, 9.17) is 4.98 Å². The van der Waals surface area contributed by atoms with Crippen molar-refractivity contribution in [3.63, 3.8) is 0 Å². The van der Waals surface area contributed by atoms with Crippen molar-refractivity contribution in [3.8, 4) is 0 Å². The molecule has 6 rings (SSSR count). The van der Waals surface area contributed by atoms with Crippen LogP contribution in [0.3, 0.4) is 0 Å². The van der Waals surface area contributed by atoms with Gasteiger partial charge in [0.15, 0.2) is 0 Å². The molecule has 1 aromatic carbocycles. The Morgan fingerprint density at radius 2 is 1.68 bits per heavy atom. The Morgan fingerprint density at radius 3 is 2.42 bits per heavy atom. The normalized spacial score (nSPS) is 22.3. The lowest BCUT2D eigenvalue weighted by Gasteiger charge is -2.34. The number of nitrogens with zero attached hydrogens (tertiary/aromatic N) is 4. The van der Waals surface area contributed by atoms with E-state index in [-0.39, 0.29) is 17.7 Å². The van der Waals surface area contributed by atoms with E-state index in [1.54, 1.807) is 0 Å². The Balaban J connectivity index is 1.27. The highest BCUT2D eigenvalue weighted by molar-refractivity contribution is 6.05. The van der Waals surface area contributed by atoms with Crippen LogP contribution in [0.1, 0.15) is 103 Å². The average Bonchev–Trinajstić information content (AvgIpc) is 3.82. The van der Waals surface area contributed by atoms with E-state index >= 15 is 0 Å². The number of pyridine rings is 1. The summed E-state index contributed by atoms with van der Waals surface area (Å²) in [6.45, 7) is 5.29. The van der Waals surface area contributed by atoms with Crippen molar-refractivity contribution >= 4 is 33.4 Å². The van der Waals surface area contributed by atoms with Crippen molar-refractivity contribution < 1.29 is 5.11 Å². The first-order valence-electron chi connectivity index (χ1n) is 16.1. The highest BCUT2D eigenvalue weighted by Crippen LogP contribution is 2.34. The number of aromatic nitrogens is 3. The molecule has 0 radical (unpaired) electrons. The van der Waals surface area contributed by atoms with Crippen LogP contribution in [0, 0.1) is 11.8 Å². The number of unbranched alkanes of at least 4 members (excludes halogenated alkanes) is 4. The monoisotopic (exact) mass is 545 g/mol. The summed E-state index contributed by atoms with van der Waals surface area (Å²) in [5, 5.41) is 16.2. The minimum atomic E-state index is -0.269. The molecule has 0 bridgehead atoms. The van der Waals surface area contributed by atoms with Gasteiger partial charge in [-0.25, -0.2) is 4.98 Å². The highest BCUT2D eigenvalue weighted by atomic mass is 16.3. The van der Waals surface area contributed by atoms with Gasteiger partial charge in [0.05, 0.1) is 11.5 Å². The lowest BCUT2D eigenvalue weighted by Crippen LogP contribution is -2.34. The number of aliphatic hydroxyl groups excluding tert-OH is 1. The Labute approximate surface area is 238 Å². The SMILES string of the molecule is CCCCCCCC1CCN(c2ccc3c(c2)c(=O)n(C2CCC(O)CC2)c2nc(NCC4CC4)ncc32)CC1. The number of hydrogen-bond acceptors (Lipinski definition) is 6. The molecular weight excluding hydrogens is 498 g/mol. The molecule has 2 N–H and O–H groups in total. The maximum atomic E-state index is 14.2. The number of nitrogens with one attached hydrogen (secondary N) is 1. The third-order valence-corrected chi connectivity index (χ3v) is 9.71. The van der Waals surface area contributed by atoms with Crippen LogP contribution in [0.2, 0.25) is 0 Å². The number of fused-ring (bicyclic) bond motifs is 3. The molecule has 1 aliphatic heterocycles. The van der Waals surface area contributed by atoms with E-state index in [2.05, 4.69) is 40.3 Å². The van der Waals surface area contributed by atoms with Crippen LogP contribution in [-0.2, 0) is 0 Å². The van der Waals surface area contributed by atoms with Crippen LogP contribution in [0.25, 0.3) is 21.8 Å². The number of aliphatic hydroxyl groups is 1. The van der Waals surface area contributed by atoms with Gasteiger partial charge in [-0.2, -0.15) is 4.98 Å². The summed E-state index contributed by atoms with van der Waals surface area (Å²) in [5.41, 5.74) is 1.92. The summed E-state index contributed by atoms with van der Waals surface area (Å²) in [6.07, 6.45) is 17.8. The molecule has 216 valence electrons. The lowest BCUT2D eigenvalue weighted by molar-refractivity contribution is 0.111. The maximum Gasteiger partial charge on any atom is 0.260 e. The van der Waals surface area contributed by atoms with Crippen LogP contribution >= 0.6 is 0 Å². The van der Waals surface area contributed by atoms with Gasteiger partial charge in [0.2, 0.25) is 5.95 Å². The van der Waals surface area contributed by atoms with Gasteiger partial charge in [0.25, 0.3) is 5.56 Å². The number of rotatable bonds is 11. The van der Waals surface area contributed by atoms with Crippen LogP contribution in [0.5, 0.6) is 0 Å². The molecule has 7 nitrogen and oxygen atoms in total. The Bertz CT molecular complexity index is 1350. The topological polar surface area (TPSA) is 83.3 Å². The van der Waals surface area contributed by atoms with Crippen molar-refractivity contribution in [1.82, 2.24) is 14.5 Å². The summed E-state index contributed by atoms with van der Waals surface area (Å²) in [4.78, 5) is 26.2. The van der Waals surface area contributed by atoms with Gasteiger partial charge in [-0.3, -0.25) is 9.36 Å².